The van der Waals surface area contributed by atoms with Crippen LogP contribution < -0.4 is 15.0 Å². The van der Waals surface area contributed by atoms with Crippen molar-refractivity contribution < 1.29 is 4.74 Å². The van der Waals surface area contributed by atoms with Gasteiger partial charge in [-0.1, -0.05) is 36.4 Å². The first-order valence-corrected chi connectivity index (χ1v) is 7.94. The Kier molecular flexibility index (Phi) is 2.91. The van der Waals surface area contributed by atoms with Gasteiger partial charge in [0, 0.05) is 17.7 Å². The van der Waals surface area contributed by atoms with E-state index in [4.69, 9.17) is 17.0 Å². The predicted octanol–water partition coefficient (Wildman–Crippen LogP) is 3.93. The molecule has 0 radical (unpaired) electrons. The van der Waals surface area contributed by atoms with Gasteiger partial charge in [0.2, 0.25) is 0 Å². The van der Waals surface area contributed by atoms with E-state index in [1.165, 1.54) is 11.1 Å². The fraction of sp³-hybridized carbons (Fsp3) is 0.278. The van der Waals surface area contributed by atoms with Crippen molar-refractivity contribution in [3.05, 3.63) is 59.7 Å². The first-order chi connectivity index (χ1) is 10.6. The largest absolute Gasteiger partial charge is 0.467 e. The number of nitrogens with zero attached hydrogens (tertiary/aromatic N) is 1. The zero-order chi connectivity index (χ0) is 15.3. The van der Waals surface area contributed by atoms with Gasteiger partial charge in [0.1, 0.15) is 5.75 Å². The summed E-state index contributed by atoms with van der Waals surface area (Å²) in [5, 5.41) is 4.21. The summed E-state index contributed by atoms with van der Waals surface area (Å²) >= 11 is 5.66. The number of aryl methyl sites for hydroxylation is 1. The van der Waals surface area contributed by atoms with Gasteiger partial charge >= 0.3 is 0 Å². The number of hydrogen-bond donors (Lipinski definition) is 1. The average molecular weight is 310 g/mol. The third-order valence-corrected chi connectivity index (χ3v) is 4.84. The second kappa shape index (κ2) is 4.71. The number of thiocarbonyl (C=S) groups is 1. The molecule has 112 valence electrons. The van der Waals surface area contributed by atoms with Crippen molar-refractivity contribution >= 4 is 23.0 Å². The van der Waals surface area contributed by atoms with E-state index in [2.05, 4.69) is 42.3 Å². The summed E-state index contributed by atoms with van der Waals surface area (Å²) in [6.07, 6.45) is 0.860. The highest BCUT2D eigenvalue weighted by molar-refractivity contribution is 7.80. The maximum absolute atomic E-state index is 6.38. The van der Waals surface area contributed by atoms with Crippen molar-refractivity contribution in [2.45, 2.75) is 32.0 Å². The van der Waals surface area contributed by atoms with Gasteiger partial charge in [-0.2, -0.15) is 0 Å². The summed E-state index contributed by atoms with van der Waals surface area (Å²) < 4.78 is 6.38. The fourth-order valence-corrected chi connectivity index (χ4v) is 3.93. The lowest BCUT2D eigenvalue weighted by Crippen LogP contribution is -2.65. The number of para-hydroxylation sites is 2. The Morgan fingerprint density at radius 1 is 1.18 bits per heavy atom. The molecule has 22 heavy (non-hydrogen) atoms. The lowest BCUT2D eigenvalue weighted by molar-refractivity contribution is 0.0497. The van der Waals surface area contributed by atoms with Gasteiger partial charge in [0.25, 0.3) is 0 Å². The standard InChI is InChI=1S/C18H18N2OS/c1-12-7-3-5-9-15(12)20-17(22)19-14-11-18(20,2)21-16-10-6-4-8-13(14)16/h3-10,14H,11H2,1-2H3,(H,19,22). The molecular formula is C18H18N2OS. The molecule has 3 nitrogen and oxygen atoms in total. The number of benzene rings is 2. The number of nitrogens with one attached hydrogen (secondary N) is 1. The Balaban J connectivity index is 1.84. The SMILES string of the molecule is Cc1ccccc1N1C(=S)NC2CC1(C)Oc1ccccc12. The smallest absolute Gasteiger partial charge is 0.188 e. The molecule has 1 fully saturated rings. The molecule has 2 atom stereocenters. The van der Waals surface area contributed by atoms with E-state index in [1.54, 1.807) is 0 Å². The molecule has 2 aromatic carbocycles. The summed E-state index contributed by atoms with van der Waals surface area (Å²) in [4.78, 5) is 2.12. The molecule has 4 rings (SSSR count). The molecule has 1 saturated heterocycles. The highest BCUT2D eigenvalue weighted by atomic mass is 32.1. The predicted molar refractivity (Wildman–Crippen MR) is 92.2 cm³/mol. The van der Waals surface area contributed by atoms with E-state index in [1.807, 2.05) is 30.3 Å². The van der Waals surface area contributed by atoms with Gasteiger partial charge in [-0.25, -0.2) is 0 Å². The first kappa shape index (κ1) is 13.6. The highest BCUT2D eigenvalue weighted by Crippen LogP contribution is 2.45. The van der Waals surface area contributed by atoms with Crippen LogP contribution in [0, 0.1) is 6.92 Å². The summed E-state index contributed by atoms with van der Waals surface area (Å²) in [6, 6.07) is 16.7. The van der Waals surface area contributed by atoms with Gasteiger partial charge in [-0.05, 0) is 43.8 Å². The molecule has 2 aliphatic rings. The number of anilines is 1. The molecule has 0 aliphatic carbocycles. The van der Waals surface area contributed by atoms with Gasteiger partial charge in [-0.3, -0.25) is 4.90 Å². The molecule has 2 aliphatic heterocycles. The van der Waals surface area contributed by atoms with Crippen LogP contribution in [0.15, 0.2) is 48.5 Å². The lowest BCUT2D eigenvalue weighted by Gasteiger charge is -2.52. The van der Waals surface area contributed by atoms with E-state index < -0.39 is 5.72 Å². The van der Waals surface area contributed by atoms with Crippen LogP contribution in [-0.4, -0.2) is 10.8 Å². The minimum atomic E-state index is -0.465. The molecule has 2 bridgehead atoms. The minimum absolute atomic E-state index is 0.211. The highest BCUT2D eigenvalue weighted by Gasteiger charge is 2.48. The Morgan fingerprint density at radius 3 is 2.73 bits per heavy atom. The Labute approximate surface area is 135 Å². The number of hydrogen-bond acceptors (Lipinski definition) is 2. The lowest BCUT2D eigenvalue weighted by atomic mass is 9.90. The van der Waals surface area contributed by atoms with Crippen molar-refractivity contribution in [1.29, 1.82) is 0 Å². The summed E-state index contributed by atoms with van der Waals surface area (Å²) in [6.45, 7) is 4.22. The normalized spacial score (nSPS) is 26.0. The molecule has 0 saturated carbocycles. The van der Waals surface area contributed by atoms with Gasteiger partial charge in [0.05, 0.1) is 6.04 Å². The second-order valence-corrected chi connectivity index (χ2v) is 6.53. The molecule has 1 N–H and O–H groups in total. The van der Waals surface area contributed by atoms with E-state index in [-0.39, 0.29) is 6.04 Å². The van der Waals surface area contributed by atoms with E-state index in [0.717, 1.165) is 23.0 Å². The molecule has 0 amide bonds. The quantitative estimate of drug-likeness (QED) is 0.807. The summed E-state index contributed by atoms with van der Waals surface area (Å²) in [5.41, 5.74) is 3.01. The van der Waals surface area contributed by atoms with Crippen LogP contribution in [0.2, 0.25) is 0 Å². The molecule has 0 spiro atoms. The first-order valence-electron chi connectivity index (χ1n) is 7.53. The molecule has 2 heterocycles. The Hall–Kier alpha value is -2.07. The zero-order valence-electron chi connectivity index (χ0n) is 12.7. The topological polar surface area (TPSA) is 24.5 Å². The van der Waals surface area contributed by atoms with Crippen LogP contribution in [0.25, 0.3) is 0 Å². The number of ether oxygens (including phenoxy) is 1. The van der Waals surface area contributed by atoms with E-state index in [9.17, 15) is 0 Å². The van der Waals surface area contributed by atoms with Crippen LogP contribution in [-0.2, 0) is 0 Å². The maximum atomic E-state index is 6.38. The van der Waals surface area contributed by atoms with Crippen LogP contribution in [0.4, 0.5) is 5.69 Å². The monoisotopic (exact) mass is 310 g/mol. The third-order valence-electron chi connectivity index (χ3n) is 4.54. The molecule has 2 unspecified atom stereocenters. The molecular weight excluding hydrogens is 292 g/mol. The van der Waals surface area contributed by atoms with Crippen LogP contribution in [0.3, 0.4) is 0 Å². The van der Waals surface area contributed by atoms with Crippen molar-refractivity contribution in [1.82, 2.24) is 5.32 Å². The second-order valence-electron chi connectivity index (χ2n) is 6.14. The number of rotatable bonds is 1. The Bertz CT molecular complexity index is 760. The average Bonchev–Trinajstić information content (AvgIpc) is 2.48. The molecule has 0 aromatic heterocycles. The Morgan fingerprint density at radius 2 is 1.91 bits per heavy atom. The maximum Gasteiger partial charge on any atom is 0.188 e. The molecule has 4 heteroatoms. The van der Waals surface area contributed by atoms with Crippen molar-refractivity contribution in [2.24, 2.45) is 0 Å². The summed E-state index contributed by atoms with van der Waals surface area (Å²) in [7, 11) is 0. The molecule has 2 aromatic rings. The van der Waals surface area contributed by atoms with Crippen LogP contribution >= 0.6 is 12.2 Å². The van der Waals surface area contributed by atoms with E-state index in [0.29, 0.717) is 0 Å². The zero-order valence-corrected chi connectivity index (χ0v) is 13.5. The van der Waals surface area contributed by atoms with Gasteiger partial charge in [-0.15, -0.1) is 0 Å². The van der Waals surface area contributed by atoms with Crippen molar-refractivity contribution in [2.75, 3.05) is 4.90 Å². The summed E-state index contributed by atoms with van der Waals surface area (Å²) in [5.74, 6) is 0.940. The fourth-order valence-electron chi connectivity index (χ4n) is 3.50. The van der Waals surface area contributed by atoms with Crippen molar-refractivity contribution in [3.8, 4) is 5.75 Å². The van der Waals surface area contributed by atoms with E-state index >= 15 is 0 Å². The number of fused-ring (bicyclic) bond motifs is 4. The van der Waals surface area contributed by atoms with Crippen molar-refractivity contribution in [3.63, 3.8) is 0 Å². The van der Waals surface area contributed by atoms with Gasteiger partial charge < -0.3 is 10.1 Å². The van der Waals surface area contributed by atoms with Crippen LogP contribution in [0.5, 0.6) is 5.75 Å². The van der Waals surface area contributed by atoms with Gasteiger partial charge in [0.15, 0.2) is 10.8 Å². The minimum Gasteiger partial charge on any atom is -0.467 e. The third kappa shape index (κ3) is 1.91. The van der Waals surface area contributed by atoms with Crippen LogP contribution in [0.1, 0.15) is 30.5 Å².